The third kappa shape index (κ3) is 3.07. The zero-order valence-electron chi connectivity index (χ0n) is 11.4. The summed E-state index contributed by atoms with van der Waals surface area (Å²) in [5, 5.41) is 0. The molecule has 2 rings (SSSR count). The first kappa shape index (κ1) is 13.9. The molecule has 3 heteroatoms. The molecule has 0 atom stereocenters. The second-order valence-corrected chi connectivity index (χ2v) is 6.59. The maximum atomic E-state index is 5.74. The molecule has 0 aliphatic carbocycles. The van der Waals surface area contributed by atoms with Gasteiger partial charge in [0.2, 0.25) is 0 Å². The van der Waals surface area contributed by atoms with E-state index in [0.29, 0.717) is 12.0 Å². The largest absolute Gasteiger partial charge is 0.371 e. The second kappa shape index (κ2) is 5.62. The third-order valence-electron chi connectivity index (χ3n) is 4.37. The lowest BCUT2D eigenvalue weighted by molar-refractivity contribution is 0.238. The molecule has 1 aliphatic rings. The van der Waals surface area contributed by atoms with Crippen LogP contribution in [0.15, 0.2) is 22.7 Å². The normalized spacial score (nSPS) is 19.0. The fraction of sp³-hybridized carbons (Fsp3) is 0.600. The molecule has 1 fully saturated rings. The number of nitrogens with zero attached hydrogens (tertiary/aromatic N) is 1. The van der Waals surface area contributed by atoms with Crippen LogP contribution in [-0.4, -0.2) is 13.1 Å². The highest BCUT2D eigenvalue weighted by Crippen LogP contribution is 2.36. The Bertz CT molecular complexity index is 409. The van der Waals surface area contributed by atoms with Crippen molar-refractivity contribution in [2.24, 2.45) is 11.1 Å². The van der Waals surface area contributed by atoms with E-state index in [0.717, 1.165) is 17.6 Å². The van der Waals surface area contributed by atoms with Gasteiger partial charge < -0.3 is 10.6 Å². The maximum absolute atomic E-state index is 5.74. The summed E-state index contributed by atoms with van der Waals surface area (Å²) in [4.78, 5) is 2.49. The summed E-state index contributed by atoms with van der Waals surface area (Å²) in [5.74, 6) is 0. The van der Waals surface area contributed by atoms with Crippen molar-refractivity contribution in [2.75, 3.05) is 18.0 Å². The first-order valence-electron chi connectivity index (χ1n) is 6.81. The van der Waals surface area contributed by atoms with Gasteiger partial charge in [-0.1, -0.05) is 36.2 Å². The van der Waals surface area contributed by atoms with Crippen molar-refractivity contribution in [1.82, 2.24) is 0 Å². The Balaban J connectivity index is 2.12. The summed E-state index contributed by atoms with van der Waals surface area (Å²) in [6, 6.07) is 6.52. The number of hydrogen-bond acceptors (Lipinski definition) is 2. The minimum absolute atomic E-state index is 0.541. The van der Waals surface area contributed by atoms with Gasteiger partial charge in [-0.25, -0.2) is 0 Å². The van der Waals surface area contributed by atoms with E-state index in [1.54, 1.807) is 0 Å². The lowest BCUT2D eigenvalue weighted by Gasteiger charge is -2.40. The number of rotatable bonds is 3. The number of hydrogen-bond donors (Lipinski definition) is 1. The molecule has 1 heterocycles. The summed E-state index contributed by atoms with van der Waals surface area (Å²) in [5.41, 5.74) is 8.79. The van der Waals surface area contributed by atoms with Gasteiger partial charge >= 0.3 is 0 Å². The highest BCUT2D eigenvalue weighted by atomic mass is 79.9. The van der Waals surface area contributed by atoms with Crippen LogP contribution in [0.25, 0.3) is 0 Å². The molecule has 0 spiro atoms. The predicted molar refractivity (Wildman–Crippen MR) is 81.9 cm³/mol. The molecular weight excluding hydrogens is 288 g/mol. The van der Waals surface area contributed by atoms with Crippen LogP contribution in [0.2, 0.25) is 0 Å². The van der Waals surface area contributed by atoms with Crippen molar-refractivity contribution in [3.63, 3.8) is 0 Å². The standard InChI is InChI=1S/C15H23BrN2/c1-3-15(2)4-6-18(7-5-15)14-9-12(11-17)8-13(16)10-14/h8-10H,3-7,11,17H2,1-2H3. The van der Waals surface area contributed by atoms with E-state index >= 15 is 0 Å². The van der Waals surface area contributed by atoms with E-state index in [2.05, 4.69) is 52.9 Å². The van der Waals surface area contributed by atoms with E-state index in [4.69, 9.17) is 5.73 Å². The first-order chi connectivity index (χ1) is 8.56. The Labute approximate surface area is 119 Å². The lowest BCUT2D eigenvalue weighted by Crippen LogP contribution is -2.38. The fourth-order valence-electron chi connectivity index (χ4n) is 2.59. The van der Waals surface area contributed by atoms with Crippen LogP contribution in [0.5, 0.6) is 0 Å². The Hall–Kier alpha value is -0.540. The summed E-state index contributed by atoms with van der Waals surface area (Å²) >= 11 is 3.57. The molecule has 0 amide bonds. The lowest BCUT2D eigenvalue weighted by atomic mass is 9.78. The molecule has 2 N–H and O–H groups in total. The topological polar surface area (TPSA) is 29.3 Å². The molecule has 1 aliphatic heterocycles. The van der Waals surface area contributed by atoms with E-state index < -0.39 is 0 Å². The number of anilines is 1. The fourth-order valence-corrected chi connectivity index (χ4v) is 3.12. The number of piperidine rings is 1. The Morgan fingerprint density at radius 1 is 1.28 bits per heavy atom. The first-order valence-corrected chi connectivity index (χ1v) is 7.60. The van der Waals surface area contributed by atoms with E-state index in [1.807, 2.05) is 0 Å². The van der Waals surface area contributed by atoms with Gasteiger partial charge in [0.25, 0.3) is 0 Å². The van der Waals surface area contributed by atoms with E-state index in [-0.39, 0.29) is 0 Å². The zero-order chi connectivity index (χ0) is 13.2. The van der Waals surface area contributed by atoms with Crippen molar-refractivity contribution < 1.29 is 0 Å². The van der Waals surface area contributed by atoms with Gasteiger partial charge in [-0.15, -0.1) is 0 Å². The van der Waals surface area contributed by atoms with Crippen molar-refractivity contribution in [3.8, 4) is 0 Å². The zero-order valence-corrected chi connectivity index (χ0v) is 13.0. The maximum Gasteiger partial charge on any atom is 0.0380 e. The smallest absolute Gasteiger partial charge is 0.0380 e. The van der Waals surface area contributed by atoms with E-state index in [1.165, 1.54) is 30.5 Å². The molecule has 0 radical (unpaired) electrons. The minimum atomic E-state index is 0.541. The van der Waals surface area contributed by atoms with Gasteiger partial charge in [-0.2, -0.15) is 0 Å². The molecule has 0 unspecified atom stereocenters. The molecule has 1 saturated heterocycles. The van der Waals surface area contributed by atoms with Gasteiger partial charge in [0.15, 0.2) is 0 Å². The summed E-state index contributed by atoms with van der Waals surface area (Å²) < 4.78 is 1.13. The Morgan fingerprint density at radius 2 is 1.94 bits per heavy atom. The average molecular weight is 311 g/mol. The average Bonchev–Trinajstić information content (AvgIpc) is 2.39. The number of benzene rings is 1. The van der Waals surface area contributed by atoms with Crippen LogP contribution < -0.4 is 10.6 Å². The third-order valence-corrected chi connectivity index (χ3v) is 4.83. The highest BCUT2D eigenvalue weighted by Gasteiger charge is 2.28. The molecule has 0 saturated carbocycles. The molecule has 100 valence electrons. The van der Waals surface area contributed by atoms with E-state index in [9.17, 15) is 0 Å². The van der Waals surface area contributed by atoms with Crippen LogP contribution in [0, 0.1) is 5.41 Å². The highest BCUT2D eigenvalue weighted by molar-refractivity contribution is 9.10. The van der Waals surface area contributed by atoms with Crippen LogP contribution >= 0.6 is 15.9 Å². The van der Waals surface area contributed by atoms with Gasteiger partial charge in [0, 0.05) is 29.8 Å². The molecule has 0 aromatic heterocycles. The van der Waals surface area contributed by atoms with Crippen LogP contribution in [-0.2, 0) is 6.54 Å². The SMILES string of the molecule is CCC1(C)CCN(c2cc(Br)cc(CN)c2)CC1. The van der Waals surface area contributed by atoms with Crippen molar-refractivity contribution in [2.45, 2.75) is 39.7 Å². The number of nitrogens with two attached hydrogens (primary N) is 1. The molecule has 1 aromatic carbocycles. The quantitative estimate of drug-likeness (QED) is 0.916. The van der Waals surface area contributed by atoms with Crippen LogP contribution in [0.1, 0.15) is 38.7 Å². The Morgan fingerprint density at radius 3 is 2.50 bits per heavy atom. The predicted octanol–water partition coefficient (Wildman–Crippen LogP) is 3.92. The van der Waals surface area contributed by atoms with Crippen LogP contribution in [0.3, 0.4) is 0 Å². The van der Waals surface area contributed by atoms with Gasteiger partial charge in [0.05, 0.1) is 0 Å². The van der Waals surface area contributed by atoms with Crippen LogP contribution in [0.4, 0.5) is 5.69 Å². The monoisotopic (exact) mass is 310 g/mol. The van der Waals surface area contributed by atoms with Gasteiger partial charge in [-0.3, -0.25) is 0 Å². The van der Waals surface area contributed by atoms with Crippen molar-refractivity contribution in [1.29, 1.82) is 0 Å². The molecule has 1 aromatic rings. The molecule has 2 nitrogen and oxygen atoms in total. The molecule has 18 heavy (non-hydrogen) atoms. The molecule has 0 bridgehead atoms. The minimum Gasteiger partial charge on any atom is -0.371 e. The molecular formula is C15H23BrN2. The number of halogens is 1. The summed E-state index contributed by atoms with van der Waals surface area (Å²) in [7, 11) is 0. The van der Waals surface area contributed by atoms with Gasteiger partial charge in [-0.05, 0) is 42.0 Å². The summed E-state index contributed by atoms with van der Waals surface area (Å²) in [6.07, 6.45) is 3.86. The summed E-state index contributed by atoms with van der Waals surface area (Å²) in [6.45, 7) is 7.64. The van der Waals surface area contributed by atoms with Gasteiger partial charge in [0.1, 0.15) is 0 Å². The van der Waals surface area contributed by atoms with Crippen molar-refractivity contribution in [3.05, 3.63) is 28.2 Å². The van der Waals surface area contributed by atoms with Crippen molar-refractivity contribution >= 4 is 21.6 Å². The second-order valence-electron chi connectivity index (χ2n) is 5.67. The Kier molecular flexibility index (Phi) is 4.33.